The first-order valence-corrected chi connectivity index (χ1v) is 13.0. The summed E-state index contributed by atoms with van der Waals surface area (Å²) in [6.07, 6.45) is -1.22. The summed E-state index contributed by atoms with van der Waals surface area (Å²) in [6.45, 7) is 4.61. The number of para-hydroxylation sites is 1. The number of H-pyrrole nitrogens is 1. The molecule has 0 saturated carbocycles. The lowest BCUT2D eigenvalue weighted by molar-refractivity contribution is 0.0317. The summed E-state index contributed by atoms with van der Waals surface area (Å²) in [5.74, 6) is -2.03. The maximum absolute atomic E-state index is 12.9. The number of anilines is 1. The number of ether oxygens (including phenoxy) is 2. The van der Waals surface area contributed by atoms with E-state index in [1.165, 1.54) is 32.2 Å². The number of carbonyl (C=O) groups is 3. The number of ketones is 1. The molecule has 0 saturated heterocycles. The Balaban J connectivity index is 1.82. The Kier molecular flexibility index (Phi) is 7.64. The molecule has 3 rings (SSSR count). The van der Waals surface area contributed by atoms with Crippen LogP contribution in [0.25, 0.3) is 0 Å². The minimum Gasteiger partial charge on any atom is -0.465 e. The van der Waals surface area contributed by atoms with E-state index in [1.54, 1.807) is 32.0 Å². The number of esters is 2. The number of hydrogen-bond donors (Lipinski definition) is 2. The van der Waals surface area contributed by atoms with Crippen molar-refractivity contribution >= 4 is 60.7 Å². The highest BCUT2D eigenvalue weighted by Gasteiger charge is 2.28. The fraction of sp³-hybridized carbons (Fsp3) is 0.227. The van der Waals surface area contributed by atoms with Crippen LogP contribution < -0.4 is 4.72 Å². The van der Waals surface area contributed by atoms with Crippen LogP contribution in [0.15, 0.2) is 44.4 Å². The molecule has 0 fully saturated rings. The molecule has 0 spiro atoms. The number of halogens is 1. The minimum absolute atomic E-state index is 0.0107. The monoisotopic (exact) mass is 568 g/mol. The fourth-order valence-corrected chi connectivity index (χ4v) is 6.36. The molecule has 12 heteroatoms. The van der Waals surface area contributed by atoms with Gasteiger partial charge in [0.2, 0.25) is 5.78 Å². The summed E-state index contributed by atoms with van der Waals surface area (Å²) in [5.41, 5.74) is 1.14. The molecule has 0 aliphatic heterocycles. The van der Waals surface area contributed by atoms with E-state index in [1.807, 2.05) is 0 Å². The molecule has 9 nitrogen and oxygen atoms in total. The van der Waals surface area contributed by atoms with Crippen molar-refractivity contribution in [1.82, 2.24) is 4.98 Å². The van der Waals surface area contributed by atoms with E-state index < -0.39 is 33.8 Å². The smallest absolute Gasteiger partial charge is 0.340 e. The molecule has 1 aromatic carbocycles. The summed E-state index contributed by atoms with van der Waals surface area (Å²) < 4.78 is 38.6. The van der Waals surface area contributed by atoms with Crippen LogP contribution in [0.5, 0.6) is 0 Å². The van der Waals surface area contributed by atoms with Gasteiger partial charge >= 0.3 is 11.9 Å². The van der Waals surface area contributed by atoms with E-state index in [0.29, 0.717) is 15.0 Å². The Morgan fingerprint density at radius 3 is 2.38 bits per heavy atom. The van der Waals surface area contributed by atoms with Crippen molar-refractivity contribution < 1.29 is 32.3 Å². The average Bonchev–Trinajstić information content (AvgIpc) is 3.35. The number of nitrogens with one attached hydrogen (secondary N) is 2. The third-order valence-electron chi connectivity index (χ3n) is 4.93. The zero-order valence-electron chi connectivity index (χ0n) is 18.6. The van der Waals surface area contributed by atoms with Gasteiger partial charge in [0, 0.05) is 5.69 Å². The molecule has 0 radical (unpaired) electrons. The quantitative estimate of drug-likeness (QED) is 0.302. The van der Waals surface area contributed by atoms with Crippen LogP contribution in [0.4, 0.5) is 5.69 Å². The summed E-state index contributed by atoms with van der Waals surface area (Å²) in [4.78, 5) is 40.6. The van der Waals surface area contributed by atoms with Gasteiger partial charge in [0.1, 0.15) is 4.21 Å². The fourth-order valence-electron chi connectivity index (χ4n) is 3.27. The van der Waals surface area contributed by atoms with E-state index >= 15 is 0 Å². The second-order valence-electron chi connectivity index (χ2n) is 7.24. The molecule has 1 unspecified atom stereocenters. The Morgan fingerprint density at radius 1 is 1.09 bits per heavy atom. The van der Waals surface area contributed by atoms with Crippen molar-refractivity contribution in [3.63, 3.8) is 0 Å². The summed E-state index contributed by atoms with van der Waals surface area (Å²) >= 11 is 4.24. The van der Waals surface area contributed by atoms with Crippen LogP contribution in [-0.2, 0) is 19.5 Å². The number of aromatic amines is 1. The van der Waals surface area contributed by atoms with Gasteiger partial charge in [-0.25, -0.2) is 18.0 Å². The van der Waals surface area contributed by atoms with Crippen LogP contribution in [0.2, 0.25) is 0 Å². The second kappa shape index (κ2) is 10.1. The zero-order valence-corrected chi connectivity index (χ0v) is 21.8. The molecule has 0 bridgehead atoms. The van der Waals surface area contributed by atoms with Gasteiger partial charge in [0.05, 0.1) is 33.4 Å². The molecule has 0 amide bonds. The largest absolute Gasteiger partial charge is 0.465 e. The first-order chi connectivity index (χ1) is 16.0. The Bertz CT molecular complexity index is 1380. The highest BCUT2D eigenvalue weighted by atomic mass is 79.9. The molecule has 3 aromatic rings. The van der Waals surface area contributed by atoms with Crippen LogP contribution in [0.3, 0.4) is 0 Å². The molecule has 0 aliphatic rings. The van der Waals surface area contributed by atoms with Crippen molar-refractivity contribution in [2.24, 2.45) is 0 Å². The Morgan fingerprint density at radius 2 is 1.76 bits per heavy atom. The standard InChI is InChI=1S/C22H21BrN2O7S2/c1-11-18(22(28)31-4)12(2)24-19(11)20(26)13(3)32-21(27)14-7-5-6-8-15(14)25-34(29,30)17-10-9-16(23)33-17/h5-10,13,24-25H,1-4H3. The van der Waals surface area contributed by atoms with Crippen molar-refractivity contribution in [3.8, 4) is 0 Å². The maximum atomic E-state index is 12.9. The van der Waals surface area contributed by atoms with Crippen molar-refractivity contribution in [3.05, 3.63) is 68.3 Å². The van der Waals surface area contributed by atoms with Gasteiger partial charge in [0.25, 0.3) is 10.0 Å². The molecule has 0 aliphatic carbocycles. The molecule has 2 aromatic heterocycles. The zero-order chi connectivity index (χ0) is 25.2. The lowest BCUT2D eigenvalue weighted by Crippen LogP contribution is -2.26. The van der Waals surface area contributed by atoms with Crippen molar-refractivity contribution in [2.75, 3.05) is 11.8 Å². The normalized spacial score (nSPS) is 12.1. The van der Waals surface area contributed by atoms with E-state index in [9.17, 15) is 22.8 Å². The highest BCUT2D eigenvalue weighted by Crippen LogP contribution is 2.29. The molecule has 34 heavy (non-hydrogen) atoms. The SMILES string of the molecule is COC(=O)c1c(C)[nH]c(C(=O)C(C)OC(=O)c2ccccc2NS(=O)(=O)c2ccc(Br)s2)c1C. The molecule has 1 atom stereocenters. The number of hydrogen-bond acceptors (Lipinski definition) is 8. The van der Waals surface area contributed by atoms with E-state index in [0.717, 1.165) is 11.3 Å². The Labute approximate surface area is 208 Å². The number of rotatable bonds is 8. The number of sulfonamides is 1. The predicted octanol–water partition coefficient (Wildman–Crippen LogP) is 4.47. The summed E-state index contributed by atoms with van der Waals surface area (Å²) in [6, 6.07) is 8.95. The van der Waals surface area contributed by atoms with E-state index in [-0.39, 0.29) is 26.7 Å². The van der Waals surface area contributed by atoms with Gasteiger partial charge < -0.3 is 14.5 Å². The average molecular weight is 569 g/mol. The van der Waals surface area contributed by atoms with Gasteiger partial charge in [-0.1, -0.05) is 12.1 Å². The summed E-state index contributed by atoms with van der Waals surface area (Å²) in [7, 11) is -2.70. The van der Waals surface area contributed by atoms with E-state index in [2.05, 4.69) is 25.6 Å². The molecule has 2 heterocycles. The molecule has 180 valence electrons. The number of methoxy groups -OCH3 is 1. The first-order valence-electron chi connectivity index (χ1n) is 9.86. The number of benzene rings is 1. The second-order valence-corrected chi connectivity index (χ2v) is 11.6. The predicted molar refractivity (Wildman–Crippen MR) is 130 cm³/mol. The number of thiophene rings is 1. The van der Waals surface area contributed by atoms with Gasteiger partial charge in [-0.05, 0) is 66.5 Å². The molecular formula is C22H21BrN2O7S2. The van der Waals surface area contributed by atoms with Gasteiger partial charge in [0.15, 0.2) is 6.10 Å². The van der Waals surface area contributed by atoms with Gasteiger partial charge in [-0.3, -0.25) is 9.52 Å². The van der Waals surface area contributed by atoms with E-state index in [4.69, 9.17) is 9.47 Å². The number of aromatic nitrogens is 1. The Hall–Kier alpha value is -2.96. The van der Waals surface area contributed by atoms with Crippen LogP contribution >= 0.6 is 27.3 Å². The lowest BCUT2D eigenvalue weighted by Gasteiger charge is -2.15. The van der Waals surface area contributed by atoms with Crippen molar-refractivity contribution in [1.29, 1.82) is 0 Å². The summed E-state index contributed by atoms with van der Waals surface area (Å²) in [5, 5.41) is 0. The van der Waals surface area contributed by atoms with Gasteiger partial charge in [-0.15, -0.1) is 11.3 Å². The number of aryl methyl sites for hydroxylation is 1. The van der Waals surface area contributed by atoms with Crippen LogP contribution in [-0.4, -0.2) is 44.3 Å². The maximum Gasteiger partial charge on any atom is 0.340 e. The van der Waals surface area contributed by atoms with Crippen LogP contribution in [0.1, 0.15) is 49.4 Å². The van der Waals surface area contributed by atoms with Gasteiger partial charge in [-0.2, -0.15) is 0 Å². The lowest BCUT2D eigenvalue weighted by atomic mass is 10.1. The third kappa shape index (κ3) is 5.24. The highest BCUT2D eigenvalue weighted by molar-refractivity contribution is 9.11. The number of carbonyl (C=O) groups excluding carboxylic acids is 3. The van der Waals surface area contributed by atoms with Crippen molar-refractivity contribution in [2.45, 2.75) is 31.1 Å². The molecule has 2 N–H and O–H groups in total. The number of Topliss-reactive ketones (excluding diaryl/α,β-unsaturated/α-hetero) is 1. The first kappa shape index (κ1) is 25.7. The molecular weight excluding hydrogens is 548 g/mol. The van der Waals surface area contributed by atoms with Crippen LogP contribution in [0, 0.1) is 13.8 Å². The minimum atomic E-state index is -3.94. The topological polar surface area (TPSA) is 132 Å². The third-order valence-corrected chi connectivity index (χ3v) is 8.41.